The Balaban J connectivity index is 1.43. The first-order chi connectivity index (χ1) is 15.6. The molecule has 32 heavy (non-hydrogen) atoms. The van der Waals surface area contributed by atoms with Crippen LogP contribution in [0, 0.1) is 0 Å². The molecule has 0 fully saturated rings. The van der Waals surface area contributed by atoms with Crippen molar-refractivity contribution >= 4 is 23.4 Å². The highest BCUT2D eigenvalue weighted by Crippen LogP contribution is 2.35. The summed E-state index contributed by atoms with van der Waals surface area (Å²) in [6.07, 6.45) is 2.51. The van der Waals surface area contributed by atoms with Gasteiger partial charge in [0.25, 0.3) is 0 Å². The van der Waals surface area contributed by atoms with Gasteiger partial charge >= 0.3 is 0 Å². The SMILES string of the molecule is C[C@H](Sc1nnc(-c2ccco2)n1Cc1ccccc1)C(=O)N1c2ccccc2C[C@@H]1C. The highest BCUT2D eigenvalue weighted by Gasteiger charge is 2.34. The van der Waals surface area contributed by atoms with Crippen LogP contribution in [0.4, 0.5) is 5.69 Å². The first kappa shape index (κ1) is 20.6. The Morgan fingerprint density at radius 2 is 1.88 bits per heavy atom. The van der Waals surface area contributed by atoms with E-state index in [4.69, 9.17) is 4.42 Å². The van der Waals surface area contributed by atoms with Gasteiger partial charge in [0, 0.05) is 11.7 Å². The van der Waals surface area contributed by atoms with E-state index in [1.165, 1.54) is 17.3 Å². The van der Waals surface area contributed by atoms with Crippen molar-refractivity contribution in [3.63, 3.8) is 0 Å². The van der Waals surface area contributed by atoms with Gasteiger partial charge in [0.15, 0.2) is 10.9 Å². The van der Waals surface area contributed by atoms with E-state index in [1.807, 2.05) is 64.9 Å². The van der Waals surface area contributed by atoms with E-state index < -0.39 is 0 Å². The third-order valence-electron chi connectivity index (χ3n) is 5.72. The van der Waals surface area contributed by atoms with E-state index in [-0.39, 0.29) is 17.2 Å². The van der Waals surface area contributed by atoms with Crippen LogP contribution in [0.3, 0.4) is 0 Å². The van der Waals surface area contributed by atoms with E-state index in [0.29, 0.717) is 23.3 Å². The van der Waals surface area contributed by atoms with E-state index in [1.54, 1.807) is 6.26 Å². The second-order valence-corrected chi connectivity index (χ2v) is 9.31. The Morgan fingerprint density at radius 1 is 1.09 bits per heavy atom. The van der Waals surface area contributed by atoms with Crippen molar-refractivity contribution in [3.05, 3.63) is 84.1 Å². The molecule has 1 aliphatic rings. The topological polar surface area (TPSA) is 64.2 Å². The molecular weight excluding hydrogens is 420 g/mol. The minimum Gasteiger partial charge on any atom is -0.461 e. The number of hydrogen-bond donors (Lipinski definition) is 0. The maximum atomic E-state index is 13.5. The van der Waals surface area contributed by atoms with Gasteiger partial charge in [-0.15, -0.1) is 10.2 Å². The molecule has 0 radical (unpaired) electrons. The van der Waals surface area contributed by atoms with Gasteiger partial charge in [-0.2, -0.15) is 0 Å². The van der Waals surface area contributed by atoms with Crippen LogP contribution in [-0.2, 0) is 17.8 Å². The van der Waals surface area contributed by atoms with Gasteiger partial charge in [0.2, 0.25) is 11.7 Å². The van der Waals surface area contributed by atoms with Crippen molar-refractivity contribution in [2.75, 3.05) is 4.90 Å². The Labute approximate surface area is 191 Å². The Kier molecular flexibility index (Phi) is 5.57. The van der Waals surface area contributed by atoms with E-state index >= 15 is 0 Å². The summed E-state index contributed by atoms with van der Waals surface area (Å²) in [5.74, 6) is 1.39. The van der Waals surface area contributed by atoms with Gasteiger partial charge in [0.05, 0.1) is 18.1 Å². The lowest BCUT2D eigenvalue weighted by Crippen LogP contribution is -2.40. The largest absolute Gasteiger partial charge is 0.461 e. The lowest BCUT2D eigenvalue weighted by molar-refractivity contribution is -0.118. The average Bonchev–Trinajstić information content (AvgIpc) is 3.53. The molecule has 0 bridgehead atoms. The zero-order valence-corrected chi connectivity index (χ0v) is 18.8. The molecule has 0 aliphatic carbocycles. The number of nitrogens with zero attached hydrogens (tertiary/aromatic N) is 4. The Bertz CT molecular complexity index is 1220. The summed E-state index contributed by atoms with van der Waals surface area (Å²) in [6, 6.07) is 22.1. The molecule has 0 spiro atoms. The van der Waals surface area contributed by atoms with Crippen molar-refractivity contribution < 1.29 is 9.21 Å². The molecule has 0 unspecified atom stereocenters. The first-order valence-electron chi connectivity index (χ1n) is 10.7. The number of fused-ring (bicyclic) bond motifs is 1. The highest BCUT2D eigenvalue weighted by atomic mass is 32.2. The van der Waals surface area contributed by atoms with Crippen molar-refractivity contribution in [3.8, 4) is 11.6 Å². The van der Waals surface area contributed by atoms with Gasteiger partial charge < -0.3 is 9.32 Å². The summed E-state index contributed by atoms with van der Waals surface area (Å²) in [5, 5.41) is 9.20. The molecule has 0 N–H and O–H groups in total. The fourth-order valence-electron chi connectivity index (χ4n) is 4.18. The summed E-state index contributed by atoms with van der Waals surface area (Å²) in [7, 11) is 0. The van der Waals surface area contributed by atoms with Gasteiger partial charge in [-0.3, -0.25) is 9.36 Å². The van der Waals surface area contributed by atoms with Crippen LogP contribution in [0.25, 0.3) is 11.6 Å². The number of benzene rings is 2. The second kappa shape index (κ2) is 8.67. The molecule has 0 saturated heterocycles. The van der Waals surface area contributed by atoms with Crippen LogP contribution < -0.4 is 4.90 Å². The summed E-state index contributed by atoms with van der Waals surface area (Å²) in [4.78, 5) is 15.4. The predicted molar refractivity (Wildman–Crippen MR) is 126 cm³/mol. The molecule has 1 amide bonds. The zero-order chi connectivity index (χ0) is 22.1. The summed E-state index contributed by atoms with van der Waals surface area (Å²) >= 11 is 1.44. The quantitative estimate of drug-likeness (QED) is 0.390. The molecule has 6 nitrogen and oxygen atoms in total. The number of aromatic nitrogens is 3. The van der Waals surface area contributed by atoms with Crippen LogP contribution in [0.15, 0.2) is 82.6 Å². The molecule has 5 rings (SSSR count). The Hall–Kier alpha value is -3.32. The van der Waals surface area contributed by atoms with Gasteiger partial charge in [0.1, 0.15) is 0 Å². The molecular formula is C25H24N4O2S. The van der Waals surface area contributed by atoms with Crippen LogP contribution in [0.2, 0.25) is 0 Å². The number of hydrogen-bond acceptors (Lipinski definition) is 5. The number of rotatable bonds is 6. The standard InChI is InChI=1S/C25H24N4O2S/c1-17-15-20-11-6-7-12-21(20)29(17)24(30)18(2)32-25-27-26-23(22-13-8-14-31-22)28(25)16-19-9-4-3-5-10-19/h3-14,17-18H,15-16H2,1-2H3/t17-,18-/m0/s1. The lowest BCUT2D eigenvalue weighted by Gasteiger charge is -2.25. The van der Waals surface area contributed by atoms with E-state index in [9.17, 15) is 4.79 Å². The molecule has 2 aromatic carbocycles. The number of anilines is 1. The minimum atomic E-state index is -0.313. The van der Waals surface area contributed by atoms with Crippen molar-refractivity contribution in [1.82, 2.24) is 14.8 Å². The van der Waals surface area contributed by atoms with Crippen LogP contribution >= 0.6 is 11.8 Å². The Morgan fingerprint density at radius 3 is 2.66 bits per heavy atom. The average molecular weight is 445 g/mol. The molecule has 162 valence electrons. The first-order valence-corrected chi connectivity index (χ1v) is 11.6. The van der Waals surface area contributed by atoms with E-state index in [0.717, 1.165) is 17.7 Å². The summed E-state index contributed by atoms with van der Waals surface area (Å²) in [5.41, 5.74) is 3.36. The van der Waals surface area contributed by atoms with Crippen molar-refractivity contribution in [1.29, 1.82) is 0 Å². The molecule has 3 heterocycles. The summed E-state index contributed by atoms with van der Waals surface area (Å²) in [6.45, 7) is 4.63. The van der Waals surface area contributed by atoms with Crippen LogP contribution in [0.1, 0.15) is 25.0 Å². The number of amides is 1. The molecule has 4 aromatic rings. The molecule has 1 aliphatic heterocycles. The third kappa shape index (κ3) is 3.84. The van der Waals surface area contributed by atoms with Crippen molar-refractivity contribution in [2.45, 2.75) is 43.3 Å². The number of para-hydroxylation sites is 1. The van der Waals surface area contributed by atoms with Gasteiger partial charge in [-0.25, -0.2) is 0 Å². The minimum absolute atomic E-state index is 0.0845. The molecule has 7 heteroatoms. The van der Waals surface area contributed by atoms with E-state index in [2.05, 4.69) is 35.3 Å². The van der Waals surface area contributed by atoms with Gasteiger partial charge in [-0.1, -0.05) is 60.3 Å². The normalized spacial score (nSPS) is 16.2. The number of carbonyl (C=O) groups excluding carboxylic acids is 1. The zero-order valence-electron chi connectivity index (χ0n) is 18.0. The maximum absolute atomic E-state index is 13.5. The van der Waals surface area contributed by atoms with Gasteiger partial charge in [-0.05, 0) is 49.6 Å². The summed E-state index contributed by atoms with van der Waals surface area (Å²) < 4.78 is 7.61. The number of furan rings is 1. The van der Waals surface area contributed by atoms with Crippen molar-refractivity contribution in [2.24, 2.45) is 0 Å². The number of thioether (sulfide) groups is 1. The van der Waals surface area contributed by atoms with Crippen LogP contribution in [0.5, 0.6) is 0 Å². The fraction of sp³-hybridized carbons (Fsp3) is 0.240. The monoisotopic (exact) mass is 444 g/mol. The second-order valence-electron chi connectivity index (χ2n) is 8.01. The van der Waals surface area contributed by atoms with Crippen LogP contribution in [-0.4, -0.2) is 32.0 Å². The number of carbonyl (C=O) groups is 1. The maximum Gasteiger partial charge on any atom is 0.240 e. The molecule has 2 atom stereocenters. The molecule has 2 aromatic heterocycles. The third-order valence-corrected chi connectivity index (χ3v) is 6.78. The molecule has 0 saturated carbocycles. The smallest absolute Gasteiger partial charge is 0.240 e. The predicted octanol–water partition coefficient (Wildman–Crippen LogP) is 5.04. The highest BCUT2D eigenvalue weighted by molar-refractivity contribution is 8.00. The fourth-order valence-corrected chi connectivity index (χ4v) is 5.08. The lowest BCUT2D eigenvalue weighted by atomic mass is 10.1.